The second-order valence-electron chi connectivity index (χ2n) is 3.64. The molecule has 2 rings (SSSR count). The predicted molar refractivity (Wildman–Crippen MR) is 70.1 cm³/mol. The van der Waals surface area contributed by atoms with Crippen LogP contribution in [0.4, 0.5) is 0 Å². The first kappa shape index (κ1) is 11.7. The maximum Gasteiger partial charge on any atom is 0.157 e. The summed E-state index contributed by atoms with van der Waals surface area (Å²) < 4.78 is 0. The Bertz CT molecular complexity index is 461. The van der Waals surface area contributed by atoms with Crippen molar-refractivity contribution in [2.24, 2.45) is 0 Å². The Morgan fingerprint density at radius 3 is 2.75 bits per heavy atom. The van der Waals surface area contributed by atoms with Crippen LogP contribution in [0.15, 0.2) is 12.1 Å². The van der Waals surface area contributed by atoms with Gasteiger partial charge in [0.2, 0.25) is 0 Å². The number of thiophene rings is 1. The molecule has 1 N–H and O–H groups in total. The normalized spacial score (nSPS) is 12.9. The van der Waals surface area contributed by atoms with Crippen LogP contribution < -0.4 is 5.32 Å². The molecule has 0 radical (unpaired) electrons. The lowest BCUT2D eigenvalue weighted by molar-refractivity contribution is 0.590. The van der Waals surface area contributed by atoms with Gasteiger partial charge in [0, 0.05) is 4.88 Å². The first-order valence-electron chi connectivity index (χ1n) is 5.34. The van der Waals surface area contributed by atoms with Gasteiger partial charge in [0.25, 0.3) is 0 Å². The van der Waals surface area contributed by atoms with Gasteiger partial charge in [0.1, 0.15) is 5.01 Å². The molecule has 0 aromatic carbocycles. The van der Waals surface area contributed by atoms with Gasteiger partial charge in [-0.1, -0.05) is 18.3 Å². The van der Waals surface area contributed by atoms with E-state index in [2.05, 4.69) is 48.4 Å². The number of aryl methyl sites for hydroxylation is 1. The van der Waals surface area contributed by atoms with E-state index in [1.165, 1.54) is 9.75 Å². The zero-order valence-corrected chi connectivity index (χ0v) is 11.3. The highest BCUT2D eigenvalue weighted by Crippen LogP contribution is 2.31. The molecule has 86 valence electrons. The highest BCUT2D eigenvalue weighted by Gasteiger charge is 2.12. The van der Waals surface area contributed by atoms with Crippen LogP contribution in [0.5, 0.6) is 0 Å². The van der Waals surface area contributed by atoms with Crippen molar-refractivity contribution in [1.29, 1.82) is 0 Å². The molecule has 0 bridgehead atoms. The Balaban J connectivity index is 2.19. The zero-order valence-electron chi connectivity index (χ0n) is 9.65. The third-order valence-electron chi connectivity index (χ3n) is 2.27. The lowest BCUT2D eigenvalue weighted by atomic mass is 10.3. The molecule has 0 fully saturated rings. The largest absolute Gasteiger partial charge is 0.308 e. The Morgan fingerprint density at radius 1 is 1.31 bits per heavy atom. The van der Waals surface area contributed by atoms with Gasteiger partial charge >= 0.3 is 0 Å². The second-order valence-corrected chi connectivity index (χ2v) is 5.93. The van der Waals surface area contributed by atoms with Crippen molar-refractivity contribution < 1.29 is 0 Å². The average molecular weight is 253 g/mol. The van der Waals surface area contributed by atoms with Gasteiger partial charge in [0.05, 0.1) is 10.9 Å². The standard InChI is InChI=1S/C11H15N3S2/c1-4-12-8(3)10-13-14-11(16-10)9-6-5-7(2)15-9/h5-6,8,12H,4H2,1-3H3. The molecule has 0 spiro atoms. The summed E-state index contributed by atoms with van der Waals surface area (Å²) in [6, 6.07) is 4.52. The van der Waals surface area contributed by atoms with Crippen LogP contribution >= 0.6 is 22.7 Å². The molecule has 16 heavy (non-hydrogen) atoms. The summed E-state index contributed by atoms with van der Waals surface area (Å²) in [5.74, 6) is 0. The number of aromatic nitrogens is 2. The van der Waals surface area contributed by atoms with Gasteiger partial charge in [0.15, 0.2) is 5.01 Å². The molecule has 0 saturated carbocycles. The quantitative estimate of drug-likeness (QED) is 0.909. The summed E-state index contributed by atoms with van der Waals surface area (Å²) in [6.07, 6.45) is 0. The van der Waals surface area contributed by atoms with Gasteiger partial charge in [-0.05, 0) is 32.5 Å². The topological polar surface area (TPSA) is 37.8 Å². The minimum atomic E-state index is 0.289. The van der Waals surface area contributed by atoms with Crippen molar-refractivity contribution in [3.8, 4) is 9.88 Å². The van der Waals surface area contributed by atoms with Crippen molar-refractivity contribution in [1.82, 2.24) is 15.5 Å². The Labute approximate surface area is 104 Å². The van der Waals surface area contributed by atoms with Crippen LogP contribution in [-0.4, -0.2) is 16.7 Å². The van der Waals surface area contributed by atoms with Crippen molar-refractivity contribution in [2.75, 3.05) is 6.54 Å². The third kappa shape index (κ3) is 2.48. The van der Waals surface area contributed by atoms with Crippen LogP contribution in [0.25, 0.3) is 9.88 Å². The summed E-state index contributed by atoms with van der Waals surface area (Å²) in [6.45, 7) is 7.28. The van der Waals surface area contributed by atoms with Crippen LogP contribution in [0, 0.1) is 6.92 Å². The molecule has 3 nitrogen and oxygen atoms in total. The highest BCUT2D eigenvalue weighted by molar-refractivity contribution is 7.21. The number of hydrogen-bond donors (Lipinski definition) is 1. The average Bonchev–Trinajstić information content (AvgIpc) is 2.85. The van der Waals surface area contributed by atoms with E-state index in [0.717, 1.165) is 16.6 Å². The minimum Gasteiger partial charge on any atom is -0.308 e. The molecular formula is C11H15N3S2. The van der Waals surface area contributed by atoms with Crippen molar-refractivity contribution >= 4 is 22.7 Å². The number of rotatable bonds is 4. The zero-order chi connectivity index (χ0) is 11.5. The summed E-state index contributed by atoms with van der Waals surface area (Å²) >= 11 is 3.44. The molecule has 1 unspecified atom stereocenters. The van der Waals surface area contributed by atoms with Gasteiger partial charge in [-0.3, -0.25) is 0 Å². The highest BCUT2D eigenvalue weighted by atomic mass is 32.1. The molecule has 5 heteroatoms. The molecule has 2 heterocycles. The first-order valence-corrected chi connectivity index (χ1v) is 6.97. The van der Waals surface area contributed by atoms with E-state index in [1.54, 1.807) is 22.7 Å². The van der Waals surface area contributed by atoms with E-state index in [1.807, 2.05) is 0 Å². The molecule has 2 aromatic rings. The minimum absolute atomic E-state index is 0.289. The smallest absolute Gasteiger partial charge is 0.157 e. The fourth-order valence-corrected chi connectivity index (χ4v) is 3.24. The van der Waals surface area contributed by atoms with Crippen molar-refractivity contribution in [3.05, 3.63) is 22.0 Å². The number of nitrogens with one attached hydrogen (secondary N) is 1. The maximum absolute atomic E-state index is 4.24. The second kappa shape index (κ2) is 5.03. The van der Waals surface area contributed by atoms with Gasteiger partial charge < -0.3 is 5.32 Å². The van der Waals surface area contributed by atoms with E-state index in [-0.39, 0.29) is 6.04 Å². The molecule has 1 atom stereocenters. The third-order valence-corrected chi connectivity index (χ3v) is 4.55. The Morgan fingerprint density at radius 2 is 2.12 bits per heavy atom. The SMILES string of the molecule is CCNC(C)c1nnc(-c2ccc(C)s2)s1. The van der Waals surface area contributed by atoms with Crippen molar-refractivity contribution in [3.63, 3.8) is 0 Å². The van der Waals surface area contributed by atoms with Crippen LogP contribution in [0.2, 0.25) is 0 Å². The summed E-state index contributed by atoms with van der Waals surface area (Å²) in [5.41, 5.74) is 0. The molecule has 0 aliphatic heterocycles. The number of hydrogen-bond acceptors (Lipinski definition) is 5. The molecule has 0 aliphatic rings. The van der Waals surface area contributed by atoms with Crippen molar-refractivity contribution in [2.45, 2.75) is 26.8 Å². The van der Waals surface area contributed by atoms with Gasteiger partial charge in [-0.25, -0.2) is 0 Å². The monoisotopic (exact) mass is 253 g/mol. The Hall–Kier alpha value is -0.780. The summed E-state index contributed by atoms with van der Waals surface area (Å²) in [5, 5.41) is 13.9. The summed E-state index contributed by atoms with van der Waals surface area (Å²) in [7, 11) is 0. The fourth-order valence-electron chi connectivity index (χ4n) is 1.45. The maximum atomic E-state index is 4.24. The van der Waals surface area contributed by atoms with E-state index >= 15 is 0 Å². The Kier molecular flexibility index (Phi) is 3.68. The van der Waals surface area contributed by atoms with E-state index in [0.29, 0.717) is 0 Å². The molecule has 0 saturated heterocycles. The predicted octanol–water partition coefficient (Wildman–Crippen LogP) is 3.25. The van der Waals surface area contributed by atoms with E-state index in [9.17, 15) is 0 Å². The van der Waals surface area contributed by atoms with Crippen LogP contribution in [0.1, 0.15) is 29.8 Å². The van der Waals surface area contributed by atoms with Gasteiger partial charge in [-0.15, -0.1) is 21.5 Å². The lowest BCUT2D eigenvalue weighted by Crippen LogP contribution is -2.17. The molecule has 0 aliphatic carbocycles. The number of nitrogens with zero attached hydrogens (tertiary/aromatic N) is 2. The van der Waals surface area contributed by atoms with E-state index < -0.39 is 0 Å². The fraction of sp³-hybridized carbons (Fsp3) is 0.455. The van der Waals surface area contributed by atoms with E-state index in [4.69, 9.17) is 0 Å². The molecule has 0 amide bonds. The van der Waals surface area contributed by atoms with Crippen LogP contribution in [-0.2, 0) is 0 Å². The molecular weight excluding hydrogens is 238 g/mol. The summed E-state index contributed by atoms with van der Waals surface area (Å²) in [4.78, 5) is 2.52. The lowest BCUT2D eigenvalue weighted by Gasteiger charge is -2.06. The van der Waals surface area contributed by atoms with Crippen LogP contribution in [0.3, 0.4) is 0 Å². The first-order chi connectivity index (χ1) is 7.70. The van der Waals surface area contributed by atoms with Gasteiger partial charge in [-0.2, -0.15) is 0 Å². The molecule has 2 aromatic heterocycles.